The molecule has 8 heteroatoms. The van der Waals surface area contributed by atoms with E-state index < -0.39 is 5.97 Å². The first-order valence-corrected chi connectivity index (χ1v) is 13.3. The summed E-state index contributed by atoms with van der Waals surface area (Å²) in [5, 5.41) is 0. The van der Waals surface area contributed by atoms with Gasteiger partial charge in [-0.05, 0) is 42.0 Å². The number of ether oxygens (including phenoxy) is 4. The average Bonchev–Trinajstić information content (AvgIpc) is 2.98. The molecular weight excluding hydrogens is 494 g/mol. The fourth-order valence-electron chi connectivity index (χ4n) is 4.41. The molecule has 8 nitrogen and oxygen atoms in total. The van der Waals surface area contributed by atoms with Crippen molar-refractivity contribution in [1.82, 2.24) is 14.8 Å². The molecule has 3 aromatic rings. The van der Waals surface area contributed by atoms with Crippen LogP contribution >= 0.6 is 0 Å². The largest absolute Gasteiger partial charge is 0.492 e. The number of carbonyl (C=O) groups is 1. The van der Waals surface area contributed by atoms with Crippen molar-refractivity contribution < 1.29 is 23.7 Å². The number of nitrogens with zero attached hydrogens (tertiary/aromatic N) is 3. The molecule has 0 unspecified atom stereocenters. The summed E-state index contributed by atoms with van der Waals surface area (Å²) < 4.78 is 22.6. The third-order valence-corrected chi connectivity index (χ3v) is 6.60. The molecule has 1 aromatic heterocycles. The molecule has 5 rings (SSSR count). The summed E-state index contributed by atoms with van der Waals surface area (Å²) in [4.78, 5) is 21.3. The van der Waals surface area contributed by atoms with Crippen LogP contribution in [0.4, 0.5) is 0 Å². The van der Waals surface area contributed by atoms with E-state index in [2.05, 4.69) is 38.8 Å². The van der Waals surface area contributed by atoms with E-state index in [1.54, 1.807) is 36.7 Å². The topological polar surface area (TPSA) is 73.4 Å². The monoisotopic (exact) mass is 527 g/mol. The second-order valence-corrected chi connectivity index (χ2v) is 9.46. The summed E-state index contributed by atoms with van der Waals surface area (Å²) in [7, 11) is 0. The lowest BCUT2D eigenvalue weighted by Crippen LogP contribution is -2.38. The highest BCUT2D eigenvalue weighted by molar-refractivity contribution is 5.90. The van der Waals surface area contributed by atoms with Crippen molar-refractivity contribution in [2.75, 3.05) is 65.8 Å². The van der Waals surface area contributed by atoms with Gasteiger partial charge in [0.1, 0.15) is 18.1 Å². The van der Waals surface area contributed by atoms with E-state index in [0.717, 1.165) is 71.3 Å². The molecule has 2 aliphatic heterocycles. The molecule has 0 radical (unpaired) electrons. The van der Waals surface area contributed by atoms with Crippen LogP contribution in [-0.4, -0.2) is 86.5 Å². The van der Waals surface area contributed by atoms with Gasteiger partial charge in [-0.15, -0.1) is 0 Å². The van der Waals surface area contributed by atoms with Gasteiger partial charge in [0.2, 0.25) is 0 Å². The molecule has 202 valence electrons. The Kier molecular flexibility index (Phi) is 9.55. The van der Waals surface area contributed by atoms with Crippen molar-refractivity contribution >= 4 is 5.97 Å². The molecule has 2 fully saturated rings. The average molecular weight is 528 g/mol. The third kappa shape index (κ3) is 8.37. The number of pyridine rings is 1. The lowest BCUT2D eigenvalue weighted by molar-refractivity contribution is 0.0322. The van der Waals surface area contributed by atoms with E-state index in [4.69, 9.17) is 18.9 Å². The first kappa shape index (κ1) is 26.9. The number of carbonyl (C=O) groups excluding carboxylic acids is 1. The normalized spacial score (nSPS) is 16.2. The predicted molar refractivity (Wildman–Crippen MR) is 147 cm³/mol. The maximum Gasteiger partial charge on any atom is 0.343 e. The van der Waals surface area contributed by atoms with Crippen LogP contribution in [0.1, 0.15) is 27.0 Å². The summed E-state index contributed by atoms with van der Waals surface area (Å²) in [6, 6.07) is 16.9. The van der Waals surface area contributed by atoms with Crippen LogP contribution in [0.2, 0.25) is 0 Å². The zero-order valence-corrected chi connectivity index (χ0v) is 22.0. The van der Waals surface area contributed by atoms with E-state index in [-0.39, 0.29) is 0 Å². The standard InChI is InChI=1S/C31H33N3O5/c35-31(28-7-9-32-10-8-28)39-30-22-27(21-29(23-30)38-20-15-33-11-16-36-17-12-33)6-3-25-1-4-26(5-2-25)24-34-13-18-37-19-14-34/h1-2,4-5,7-10,21-23H,11-20,24H2. The Hall–Kier alpha value is -3.74. The van der Waals surface area contributed by atoms with E-state index in [1.165, 1.54) is 5.56 Å². The Morgan fingerprint density at radius 3 is 2.15 bits per heavy atom. The second-order valence-electron chi connectivity index (χ2n) is 9.46. The summed E-state index contributed by atoms with van der Waals surface area (Å²) in [5.74, 6) is 6.96. The molecule has 2 aliphatic rings. The van der Waals surface area contributed by atoms with Gasteiger partial charge in [-0.1, -0.05) is 24.0 Å². The Bertz CT molecular complexity index is 1280. The Morgan fingerprint density at radius 2 is 1.44 bits per heavy atom. The van der Waals surface area contributed by atoms with Crippen LogP contribution in [0.15, 0.2) is 67.0 Å². The van der Waals surface area contributed by atoms with Crippen molar-refractivity contribution in [3.8, 4) is 23.3 Å². The number of aromatic nitrogens is 1. The fraction of sp³-hybridized carbons (Fsp3) is 0.355. The molecule has 0 spiro atoms. The highest BCUT2D eigenvalue weighted by Gasteiger charge is 2.13. The van der Waals surface area contributed by atoms with Gasteiger partial charge in [-0.2, -0.15) is 0 Å². The van der Waals surface area contributed by atoms with Gasteiger partial charge in [0, 0.05) is 68.9 Å². The highest BCUT2D eigenvalue weighted by Crippen LogP contribution is 2.24. The van der Waals surface area contributed by atoms with Crippen molar-refractivity contribution in [1.29, 1.82) is 0 Å². The van der Waals surface area contributed by atoms with Gasteiger partial charge >= 0.3 is 5.97 Å². The Morgan fingerprint density at radius 1 is 0.795 bits per heavy atom. The maximum atomic E-state index is 12.7. The van der Waals surface area contributed by atoms with Gasteiger partial charge in [0.15, 0.2) is 0 Å². The van der Waals surface area contributed by atoms with Gasteiger partial charge in [-0.25, -0.2) is 4.79 Å². The quantitative estimate of drug-likeness (QED) is 0.251. The number of benzene rings is 2. The van der Waals surface area contributed by atoms with Crippen LogP contribution in [0.25, 0.3) is 0 Å². The van der Waals surface area contributed by atoms with Crippen molar-refractivity contribution in [2.24, 2.45) is 0 Å². The molecule has 2 saturated heterocycles. The van der Waals surface area contributed by atoms with Gasteiger partial charge in [0.25, 0.3) is 0 Å². The Balaban J connectivity index is 1.28. The summed E-state index contributed by atoms with van der Waals surface area (Å²) in [6.45, 7) is 9.00. The molecule has 3 heterocycles. The van der Waals surface area contributed by atoms with Gasteiger partial charge < -0.3 is 18.9 Å². The van der Waals surface area contributed by atoms with Crippen LogP contribution in [0.3, 0.4) is 0 Å². The van der Waals surface area contributed by atoms with Crippen LogP contribution in [0.5, 0.6) is 11.5 Å². The smallest absolute Gasteiger partial charge is 0.343 e. The zero-order valence-electron chi connectivity index (χ0n) is 22.0. The fourth-order valence-corrected chi connectivity index (χ4v) is 4.41. The van der Waals surface area contributed by atoms with Crippen molar-refractivity contribution in [3.05, 3.63) is 89.2 Å². The molecule has 0 N–H and O–H groups in total. The molecule has 0 saturated carbocycles. The van der Waals surface area contributed by atoms with Crippen molar-refractivity contribution in [3.63, 3.8) is 0 Å². The predicted octanol–water partition coefficient (Wildman–Crippen LogP) is 3.24. The number of morpholine rings is 2. The van der Waals surface area contributed by atoms with Crippen molar-refractivity contribution in [2.45, 2.75) is 6.54 Å². The number of hydrogen-bond acceptors (Lipinski definition) is 8. The molecular formula is C31H33N3O5. The summed E-state index contributed by atoms with van der Waals surface area (Å²) in [6.07, 6.45) is 3.12. The number of esters is 1. The first-order chi connectivity index (χ1) is 19.2. The van der Waals surface area contributed by atoms with E-state index in [0.29, 0.717) is 29.2 Å². The number of hydrogen-bond donors (Lipinski definition) is 0. The first-order valence-electron chi connectivity index (χ1n) is 13.3. The van der Waals surface area contributed by atoms with E-state index in [1.807, 2.05) is 18.2 Å². The molecule has 39 heavy (non-hydrogen) atoms. The molecule has 0 bridgehead atoms. The summed E-state index contributed by atoms with van der Waals surface area (Å²) >= 11 is 0. The second kappa shape index (κ2) is 13.9. The van der Waals surface area contributed by atoms with Crippen LogP contribution < -0.4 is 9.47 Å². The molecule has 0 atom stereocenters. The highest BCUT2D eigenvalue weighted by atomic mass is 16.5. The van der Waals surface area contributed by atoms with Gasteiger partial charge in [0.05, 0.1) is 32.0 Å². The summed E-state index contributed by atoms with van der Waals surface area (Å²) in [5.41, 5.74) is 3.29. The number of rotatable bonds is 8. The SMILES string of the molecule is O=C(Oc1cc(C#Cc2ccc(CN3CCOCC3)cc2)cc(OCCN2CCOCC2)c1)c1ccncc1. The molecule has 2 aromatic carbocycles. The Labute approximate surface area is 229 Å². The molecule has 0 aliphatic carbocycles. The minimum absolute atomic E-state index is 0.380. The minimum atomic E-state index is -0.461. The maximum absolute atomic E-state index is 12.7. The zero-order chi connectivity index (χ0) is 26.7. The minimum Gasteiger partial charge on any atom is -0.492 e. The van der Waals surface area contributed by atoms with Gasteiger partial charge in [-0.3, -0.25) is 14.8 Å². The molecule has 0 amide bonds. The lowest BCUT2D eigenvalue weighted by Gasteiger charge is -2.26. The third-order valence-electron chi connectivity index (χ3n) is 6.60. The van der Waals surface area contributed by atoms with E-state index >= 15 is 0 Å². The lowest BCUT2D eigenvalue weighted by atomic mass is 10.1. The van der Waals surface area contributed by atoms with Crippen LogP contribution in [0, 0.1) is 11.8 Å². The van der Waals surface area contributed by atoms with Crippen LogP contribution in [-0.2, 0) is 16.0 Å². The van der Waals surface area contributed by atoms with E-state index in [9.17, 15) is 4.79 Å².